The Bertz CT molecular complexity index is 342. The molecule has 0 aliphatic carbocycles. The third kappa shape index (κ3) is 3.61. The first-order valence-corrected chi connectivity index (χ1v) is 5.86. The van der Waals surface area contributed by atoms with Gasteiger partial charge in [-0.05, 0) is 31.3 Å². The van der Waals surface area contributed by atoms with Crippen molar-refractivity contribution in [1.29, 1.82) is 0 Å². The molecule has 17 heavy (non-hydrogen) atoms. The van der Waals surface area contributed by atoms with Gasteiger partial charge in [0.25, 0.3) is 0 Å². The summed E-state index contributed by atoms with van der Waals surface area (Å²) in [7, 11) is 5.25. The molecule has 1 aromatic carbocycles. The van der Waals surface area contributed by atoms with E-state index in [0.29, 0.717) is 0 Å². The van der Waals surface area contributed by atoms with Crippen LogP contribution in [0.2, 0.25) is 0 Å². The van der Waals surface area contributed by atoms with Crippen LogP contribution in [0.3, 0.4) is 0 Å². The number of hydrogen-bond acceptors (Lipinski definition) is 4. The van der Waals surface area contributed by atoms with E-state index in [-0.39, 0.29) is 6.04 Å². The minimum atomic E-state index is 0.273. The molecular formula is C13H22N2O2. The summed E-state index contributed by atoms with van der Waals surface area (Å²) in [6.45, 7) is 3.95. The molecule has 0 fully saturated rings. The van der Waals surface area contributed by atoms with Gasteiger partial charge in [0.15, 0.2) is 11.5 Å². The van der Waals surface area contributed by atoms with Gasteiger partial charge in [-0.25, -0.2) is 0 Å². The molecule has 0 saturated heterocycles. The van der Waals surface area contributed by atoms with E-state index in [1.807, 2.05) is 19.2 Å². The van der Waals surface area contributed by atoms with Gasteiger partial charge in [0.2, 0.25) is 0 Å². The summed E-state index contributed by atoms with van der Waals surface area (Å²) >= 11 is 0. The number of rotatable bonds is 7. The van der Waals surface area contributed by atoms with E-state index in [2.05, 4.69) is 23.6 Å². The molecular weight excluding hydrogens is 216 g/mol. The van der Waals surface area contributed by atoms with Gasteiger partial charge in [-0.2, -0.15) is 0 Å². The lowest BCUT2D eigenvalue weighted by Crippen LogP contribution is -2.29. The highest BCUT2D eigenvalue weighted by Crippen LogP contribution is 2.29. The Morgan fingerprint density at radius 1 is 1.18 bits per heavy atom. The second-order valence-electron chi connectivity index (χ2n) is 3.76. The first kappa shape index (κ1) is 13.8. The number of hydrogen-bond donors (Lipinski definition) is 2. The summed E-state index contributed by atoms with van der Waals surface area (Å²) in [4.78, 5) is 0. The number of methoxy groups -OCH3 is 2. The maximum Gasteiger partial charge on any atom is 0.161 e. The van der Waals surface area contributed by atoms with Crippen molar-refractivity contribution in [3.8, 4) is 11.5 Å². The van der Waals surface area contributed by atoms with Crippen LogP contribution in [0.15, 0.2) is 18.2 Å². The molecule has 0 spiro atoms. The van der Waals surface area contributed by atoms with Crippen LogP contribution in [0.5, 0.6) is 11.5 Å². The van der Waals surface area contributed by atoms with Gasteiger partial charge in [0.1, 0.15) is 0 Å². The van der Waals surface area contributed by atoms with E-state index in [9.17, 15) is 0 Å². The highest BCUT2D eigenvalue weighted by molar-refractivity contribution is 5.43. The van der Waals surface area contributed by atoms with E-state index < -0.39 is 0 Å². The number of nitrogens with one attached hydrogen (secondary N) is 2. The molecule has 2 N–H and O–H groups in total. The summed E-state index contributed by atoms with van der Waals surface area (Å²) < 4.78 is 10.5. The Morgan fingerprint density at radius 2 is 1.88 bits per heavy atom. The smallest absolute Gasteiger partial charge is 0.161 e. The van der Waals surface area contributed by atoms with Crippen molar-refractivity contribution >= 4 is 0 Å². The van der Waals surface area contributed by atoms with E-state index in [4.69, 9.17) is 9.47 Å². The molecule has 96 valence electrons. The molecule has 1 unspecified atom stereocenters. The molecule has 4 nitrogen and oxygen atoms in total. The molecule has 1 aromatic rings. The SMILES string of the molecule is CCNCC(NC)c1ccc(OC)c(OC)c1. The van der Waals surface area contributed by atoms with Gasteiger partial charge in [0.05, 0.1) is 14.2 Å². The Hall–Kier alpha value is -1.26. The zero-order valence-corrected chi connectivity index (χ0v) is 11.0. The lowest BCUT2D eigenvalue weighted by Gasteiger charge is -2.18. The molecule has 0 amide bonds. The maximum atomic E-state index is 5.30. The highest BCUT2D eigenvalue weighted by atomic mass is 16.5. The predicted octanol–water partition coefficient (Wildman–Crippen LogP) is 1.57. The van der Waals surface area contributed by atoms with E-state index in [1.165, 1.54) is 5.56 Å². The maximum absolute atomic E-state index is 5.30. The lowest BCUT2D eigenvalue weighted by molar-refractivity contribution is 0.354. The van der Waals surface area contributed by atoms with Crippen molar-refractivity contribution in [2.45, 2.75) is 13.0 Å². The van der Waals surface area contributed by atoms with Gasteiger partial charge >= 0.3 is 0 Å². The average Bonchev–Trinajstić information content (AvgIpc) is 2.39. The van der Waals surface area contributed by atoms with Crippen LogP contribution in [-0.2, 0) is 0 Å². The van der Waals surface area contributed by atoms with Crippen molar-refractivity contribution in [2.75, 3.05) is 34.4 Å². The summed E-state index contributed by atoms with van der Waals surface area (Å²) in [5.41, 5.74) is 1.19. The van der Waals surface area contributed by atoms with Crippen molar-refractivity contribution in [2.24, 2.45) is 0 Å². The second-order valence-corrected chi connectivity index (χ2v) is 3.76. The second kappa shape index (κ2) is 7.14. The number of ether oxygens (including phenoxy) is 2. The van der Waals surface area contributed by atoms with Crippen molar-refractivity contribution < 1.29 is 9.47 Å². The first-order valence-electron chi connectivity index (χ1n) is 5.86. The van der Waals surface area contributed by atoms with Crippen LogP contribution in [0, 0.1) is 0 Å². The summed E-state index contributed by atoms with van der Waals surface area (Å²) in [6.07, 6.45) is 0. The van der Waals surface area contributed by atoms with Crippen LogP contribution >= 0.6 is 0 Å². The molecule has 0 aliphatic heterocycles. The van der Waals surface area contributed by atoms with Crippen molar-refractivity contribution in [3.05, 3.63) is 23.8 Å². The largest absolute Gasteiger partial charge is 0.493 e. The zero-order chi connectivity index (χ0) is 12.7. The quantitative estimate of drug-likeness (QED) is 0.757. The third-order valence-corrected chi connectivity index (χ3v) is 2.76. The highest BCUT2D eigenvalue weighted by Gasteiger charge is 2.11. The van der Waals surface area contributed by atoms with Gasteiger partial charge in [0, 0.05) is 12.6 Å². The zero-order valence-electron chi connectivity index (χ0n) is 11.0. The number of likely N-dealkylation sites (N-methyl/N-ethyl adjacent to an activating group) is 2. The fourth-order valence-corrected chi connectivity index (χ4v) is 1.74. The molecule has 0 aliphatic rings. The lowest BCUT2D eigenvalue weighted by atomic mass is 10.1. The fourth-order valence-electron chi connectivity index (χ4n) is 1.74. The van der Waals surface area contributed by atoms with Crippen LogP contribution in [0.25, 0.3) is 0 Å². The molecule has 0 bridgehead atoms. The molecule has 0 heterocycles. The summed E-state index contributed by atoms with van der Waals surface area (Å²) in [5.74, 6) is 1.52. The van der Waals surface area contributed by atoms with Crippen LogP contribution in [0.1, 0.15) is 18.5 Å². The normalized spacial score (nSPS) is 12.2. The minimum absolute atomic E-state index is 0.273. The predicted molar refractivity (Wildman–Crippen MR) is 69.9 cm³/mol. The molecule has 1 rings (SSSR count). The summed E-state index contributed by atoms with van der Waals surface area (Å²) in [6, 6.07) is 6.27. The molecule has 4 heteroatoms. The van der Waals surface area contributed by atoms with Gasteiger partial charge in [-0.1, -0.05) is 13.0 Å². The Kier molecular flexibility index (Phi) is 5.80. The van der Waals surface area contributed by atoms with Crippen LogP contribution in [0.4, 0.5) is 0 Å². The standard InChI is InChI=1S/C13H22N2O2/c1-5-15-9-11(14-2)10-6-7-12(16-3)13(8-10)17-4/h6-8,11,14-15H,5,9H2,1-4H3. The fraction of sp³-hybridized carbons (Fsp3) is 0.538. The third-order valence-electron chi connectivity index (χ3n) is 2.76. The topological polar surface area (TPSA) is 42.5 Å². The molecule has 0 saturated carbocycles. The van der Waals surface area contributed by atoms with E-state index in [0.717, 1.165) is 24.6 Å². The van der Waals surface area contributed by atoms with E-state index >= 15 is 0 Å². The Morgan fingerprint density at radius 3 is 2.41 bits per heavy atom. The van der Waals surface area contributed by atoms with Crippen molar-refractivity contribution in [1.82, 2.24) is 10.6 Å². The van der Waals surface area contributed by atoms with Crippen molar-refractivity contribution in [3.63, 3.8) is 0 Å². The molecule has 0 aromatic heterocycles. The Balaban J connectivity index is 2.88. The molecule has 1 atom stereocenters. The number of benzene rings is 1. The van der Waals surface area contributed by atoms with Gasteiger partial charge < -0.3 is 20.1 Å². The first-order chi connectivity index (χ1) is 8.26. The molecule has 0 radical (unpaired) electrons. The Labute approximate surface area is 103 Å². The van der Waals surface area contributed by atoms with Gasteiger partial charge in [-0.3, -0.25) is 0 Å². The average molecular weight is 238 g/mol. The van der Waals surface area contributed by atoms with Gasteiger partial charge in [-0.15, -0.1) is 0 Å². The monoisotopic (exact) mass is 238 g/mol. The van der Waals surface area contributed by atoms with E-state index in [1.54, 1.807) is 14.2 Å². The summed E-state index contributed by atoms with van der Waals surface area (Å²) in [5, 5.41) is 6.61. The van der Waals surface area contributed by atoms with Crippen LogP contribution < -0.4 is 20.1 Å². The minimum Gasteiger partial charge on any atom is -0.493 e. The van der Waals surface area contributed by atoms with Crippen LogP contribution in [-0.4, -0.2) is 34.4 Å².